The number of hydrazone groups is 1. The van der Waals surface area contributed by atoms with Gasteiger partial charge in [-0.3, -0.25) is 0 Å². The molecular weight excluding hydrogens is 346 g/mol. The van der Waals surface area contributed by atoms with Crippen molar-refractivity contribution in [3.8, 4) is 6.07 Å². The first kappa shape index (κ1) is 19.7. The van der Waals surface area contributed by atoms with Crippen LogP contribution in [0.5, 0.6) is 0 Å². The number of rotatable bonds is 7. The first-order valence-electron chi connectivity index (χ1n) is 8.77. The fourth-order valence-electron chi connectivity index (χ4n) is 2.68. The predicted molar refractivity (Wildman–Crippen MR) is 109 cm³/mol. The Balaban J connectivity index is 2.21. The summed E-state index contributed by atoms with van der Waals surface area (Å²) in [5.41, 5.74) is 3.41. The van der Waals surface area contributed by atoms with Gasteiger partial charge in [0.2, 0.25) is 0 Å². The number of benzene rings is 1. The molecule has 0 bridgehead atoms. The Morgan fingerprint density at radius 1 is 1.15 bits per heavy atom. The lowest BCUT2D eigenvalue weighted by atomic mass is 10.2. The molecule has 0 amide bonds. The minimum Gasteiger partial charge on any atom is -0.372 e. The zero-order chi connectivity index (χ0) is 19.1. The molecule has 0 atom stereocenters. The average molecular weight is 370 g/mol. The van der Waals surface area contributed by atoms with Crippen molar-refractivity contribution in [1.29, 1.82) is 5.26 Å². The van der Waals surface area contributed by atoms with Gasteiger partial charge in [0.25, 0.3) is 0 Å². The molecule has 1 aromatic carbocycles. The monoisotopic (exact) mass is 369 g/mol. The van der Waals surface area contributed by atoms with Crippen LogP contribution in [0, 0.1) is 18.3 Å². The highest BCUT2D eigenvalue weighted by Gasteiger charge is 2.11. The van der Waals surface area contributed by atoms with E-state index in [4.69, 9.17) is 16.9 Å². The van der Waals surface area contributed by atoms with E-state index < -0.39 is 0 Å². The minimum atomic E-state index is 0.208. The summed E-state index contributed by atoms with van der Waals surface area (Å²) >= 11 is 6.11. The van der Waals surface area contributed by atoms with E-state index in [9.17, 15) is 0 Å². The predicted octanol–water partition coefficient (Wildman–Crippen LogP) is 4.62. The van der Waals surface area contributed by atoms with Gasteiger partial charge >= 0.3 is 0 Å². The third kappa shape index (κ3) is 4.53. The SMILES string of the molecule is CCN(CC)c1ccc(/C=N/N(CC)c2cc(C)c(C#N)c(Cl)n2)cc1. The van der Waals surface area contributed by atoms with Gasteiger partial charge in [0.05, 0.1) is 11.8 Å². The molecule has 0 fully saturated rings. The quantitative estimate of drug-likeness (QED) is 0.406. The van der Waals surface area contributed by atoms with E-state index in [1.807, 2.05) is 19.9 Å². The number of halogens is 1. The Kier molecular flexibility index (Phi) is 6.99. The molecule has 6 heteroatoms. The number of nitrogens with zero attached hydrogens (tertiary/aromatic N) is 5. The minimum absolute atomic E-state index is 0.208. The van der Waals surface area contributed by atoms with E-state index in [2.05, 4.69) is 59.2 Å². The molecule has 136 valence electrons. The van der Waals surface area contributed by atoms with Crippen LogP contribution >= 0.6 is 11.6 Å². The van der Waals surface area contributed by atoms with Crippen molar-refractivity contribution >= 4 is 29.3 Å². The maximum Gasteiger partial charge on any atom is 0.150 e. The first-order valence-corrected chi connectivity index (χ1v) is 9.15. The molecule has 1 heterocycles. The van der Waals surface area contributed by atoms with Crippen molar-refractivity contribution in [1.82, 2.24) is 4.98 Å². The second kappa shape index (κ2) is 9.21. The maximum atomic E-state index is 9.11. The van der Waals surface area contributed by atoms with Crippen molar-refractivity contribution in [2.24, 2.45) is 5.10 Å². The molecule has 2 rings (SSSR count). The molecule has 2 aromatic rings. The molecule has 1 aromatic heterocycles. The van der Waals surface area contributed by atoms with Crippen LogP contribution in [-0.2, 0) is 0 Å². The fraction of sp³-hybridized carbons (Fsp3) is 0.350. The summed E-state index contributed by atoms with van der Waals surface area (Å²) in [4.78, 5) is 6.59. The molecule has 0 spiro atoms. The highest BCUT2D eigenvalue weighted by atomic mass is 35.5. The van der Waals surface area contributed by atoms with Crippen LogP contribution in [0.25, 0.3) is 0 Å². The molecule has 0 aliphatic carbocycles. The Labute approximate surface area is 160 Å². The van der Waals surface area contributed by atoms with Crippen LogP contribution < -0.4 is 9.91 Å². The highest BCUT2D eigenvalue weighted by molar-refractivity contribution is 6.30. The van der Waals surface area contributed by atoms with Gasteiger partial charge in [-0.05, 0) is 57.0 Å². The lowest BCUT2D eigenvalue weighted by molar-refractivity contribution is 0.866. The largest absolute Gasteiger partial charge is 0.372 e. The third-order valence-electron chi connectivity index (χ3n) is 4.20. The maximum absolute atomic E-state index is 9.11. The third-order valence-corrected chi connectivity index (χ3v) is 4.48. The number of hydrogen-bond donors (Lipinski definition) is 0. The molecule has 26 heavy (non-hydrogen) atoms. The molecule has 0 radical (unpaired) electrons. The summed E-state index contributed by atoms with van der Waals surface area (Å²) in [7, 11) is 0. The van der Waals surface area contributed by atoms with Crippen molar-refractivity contribution in [3.63, 3.8) is 0 Å². The van der Waals surface area contributed by atoms with Gasteiger partial charge < -0.3 is 4.90 Å². The van der Waals surface area contributed by atoms with Crippen molar-refractivity contribution in [2.45, 2.75) is 27.7 Å². The summed E-state index contributed by atoms with van der Waals surface area (Å²) < 4.78 is 0. The van der Waals surface area contributed by atoms with Crippen LogP contribution in [0.1, 0.15) is 37.5 Å². The van der Waals surface area contributed by atoms with Gasteiger partial charge in [-0.25, -0.2) is 9.99 Å². The van der Waals surface area contributed by atoms with Crippen molar-refractivity contribution < 1.29 is 0 Å². The van der Waals surface area contributed by atoms with E-state index in [1.54, 1.807) is 11.2 Å². The summed E-state index contributed by atoms with van der Waals surface area (Å²) in [6, 6.07) is 12.2. The number of pyridine rings is 1. The van der Waals surface area contributed by atoms with Crippen LogP contribution in [0.3, 0.4) is 0 Å². The van der Waals surface area contributed by atoms with E-state index in [-0.39, 0.29) is 5.15 Å². The summed E-state index contributed by atoms with van der Waals surface area (Å²) in [5, 5.41) is 15.6. The Morgan fingerprint density at radius 2 is 1.81 bits per heavy atom. The normalized spacial score (nSPS) is 10.8. The summed E-state index contributed by atoms with van der Waals surface area (Å²) in [6.45, 7) is 10.7. The molecule has 0 saturated carbocycles. The molecule has 0 aliphatic rings. The smallest absolute Gasteiger partial charge is 0.150 e. The van der Waals surface area contributed by atoms with Crippen LogP contribution in [0.2, 0.25) is 5.15 Å². The van der Waals surface area contributed by atoms with Gasteiger partial charge in [0.1, 0.15) is 11.2 Å². The highest BCUT2D eigenvalue weighted by Crippen LogP contribution is 2.23. The number of hydrogen-bond acceptors (Lipinski definition) is 5. The van der Waals surface area contributed by atoms with E-state index in [0.29, 0.717) is 17.9 Å². The van der Waals surface area contributed by atoms with E-state index in [0.717, 1.165) is 24.2 Å². The lowest BCUT2D eigenvalue weighted by Gasteiger charge is -2.21. The van der Waals surface area contributed by atoms with Gasteiger partial charge in [0, 0.05) is 25.3 Å². The molecule has 0 unspecified atom stereocenters. The second-order valence-corrected chi connectivity index (χ2v) is 6.16. The standard InChI is InChI=1S/C20H24ClN5/c1-5-25(6-2)17-10-8-16(9-11-17)14-23-26(7-3)19-12-15(4)18(13-22)20(21)24-19/h8-12,14H,5-7H2,1-4H3/b23-14+. The molecular formula is C20H24ClN5. The van der Waals surface area contributed by atoms with Crippen LogP contribution in [0.4, 0.5) is 11.5 Å². The van der Waals surface area contributed by atoms with Gasteiger partial charge in [-0.15, -0.1) is 0 Å². The van der Waals surface area contributed by atoms with E-state index >= 15 is 0 Å². The zero-order valence-corrected chi connectivity index (χ0v) is 16.5. The van der Waals surface area contributed by atoms with Crippen LogP contribution in [0.15, 0.2) is 35.4 Å². The Morgan fingerprint density at radius 3 is 2.31 bits per heavy atom. The zero-order valence-electron chi connectivity index (χ0n) is 15.7. The van der Waals surface area contributed by atoms with Crippen LogP contribution in [-0.4, -0.2) is 30.8 Å². The summed E-state index contributed by atoms with van der Waals surface area (Å²) in [6.07, 6.45) is 1.80. The van der Waals surface area contributed by atoms with Gasteiger partial charge in [0.15, 0.2) is 5.82 Å². The second-order valence-electron chi connectivity index (χ2n) is 5.80. The van der Waals surface area contributed by atoms with Gasteiger partial charge in [-0.2, -0.15) is 10.4 Å². The summed E-state index contributed by atoms with van der Waals surface area (Å²) in [5.74, 6) is 0.630. The molecule has 0 N–H and O–H groups in total. The molecule has 0 saturated heterocycles. The molecule has 5 nitrogen and oxygen atoms in total. The fourth-order valence-corrected chi connectivity index (χ4v) is 2.96. The van der Waals surface area contributed by atoms with Crippen molar-refractivity contribution in [3.05, 3.63) is 52.2 Å². The number of anilines is 2. The number of nitriles is 1. The lowest BCUT2D eigenvalue weighted by Crippen LogP contribution is -2.21. The Hall–Kier alpha value is -2.58. The number of aryl methyl sites for hydroxylation is 1. The van der Waals surface area contributed by atoms with E-state index in [1.165, 1.54) is 5.69 Å². The van der Waals surface area contributed by atoms with Gasteiger partial charge in [-0.1, -0.05) is 23.7 Å². The first-order chi connectivity index (χ1) is 12.5. The van der Waals surface area contributed by atoms with Crippen molar-refractivity contribution in [2.75, 3.05) is 29.5 Å². The molecule has 0 aliphatic heterocycles. The average Bonchev–Trinajstić information content (AvgIpc) is 2.64. The Bertz CT molecular complexity index is 781. The topological polar surface area (TPSA) is 55.5 Å². The number of aromatic nitrogens is 1.